The molecule has 0 atom stereocenters. The Morgan fingerprint density at radius 2 is 2.15 bits per heavy atom. The van der Waals surface area contributed by atoms with E-state index in [1.165, 1.54) is 6.08 Å². The third-order valence-corrected chi connectivity index (χ3v) is 2.64. The zero-order valence-electron chi connectivity index (χ0n) is 10.4. The molecular formula is C12H10F3N3O2. The number of pyridine rings is 1. The molecule has 0 saturated carbocycles. The first-order valence-electron chi connectivity index (χ1n) is 5.53. The van der Waals surface area contributed by atoms with E-state index < -0.39 is 17.8 Å². The van der Waals surface area contributed by atoms with Crippen LogP contribution in [0.2, 0.25) is 0 Å². The van der Waals surface area contributed by atoms with Crippen molar-refractivity contribution < 1.29 is 22.7 Å². The number of fused-ring (bicyclic) bond motifs is 1. The highest BCUT2D eigenvalue weighted by Gasteiger charge is 2.35. The van der Waals surface area contributed by atoms with Crippen molar-refractivity contribution in [3.05, 3.63) is 41.9 Å². The van der Waals surface area contributed by atoms with Crippen molar-refractivity contribution in [3.63, 3.8) is 0 Å². The van der Waals surface area contributed by atoms with Gasteiger partial charge in [-0.25, -0.2) is 4.79 Å². The number of halogens is 3. The smallest absolute Gasteiger partial charge is 0.431 e. The van der Waals surface area contributed by atoms with Gasteiger partial charge in [0.15, 0.2) is 5.65 Å². The van der Waals surface area contributed by atoms with E-state index in [1.54, 1.807) is 0 Å². The second-order valence-electron chi connectivity index (χ2n) is 3.89. The van der Waals surface area contributed by atoms with E-state index in [0.717, 1.165) is 23.6 Å². The van der Waals surface area contributed by atoms with Crippen LogP contribution in [0, 0.1) is 0 Å². The minimum absolute atomic E-state index is 0.0491. The number of esters is 1. The number of hydrogen-bond donors (Lipinski definition) is 0. The van der Waals surface area contributed by atoms with Gasteiger partial charge < -0.3 is 4.74 Å². The number of hydrogen-bond acceptors (Lipinski definition) is 4. The predicted octanol–water partition coefficient (Wildman–Crippen LogP) is 2.26. The Morgan fingerprint density at radius 3 is 2.70 bits per heavy atom. The average Bonchev–Trinajstić information content (AvgIpc) is 2.80. The molecule has 0 aromatic carbocycles. The summed E-state index contributed by atoms with van der Waals surface area (Å²) < 4.78 is 44.4. The maximum atomic E-state index is 13.0. The standard InChI is InChI=1S/C12H10F3N3O2/c1-3-4-9-16-17-10-7(11(19)20-2)5-6-8(18(9)10)12(13,14)15/h3,5-6H,1,4H2,2H3. The van der Waals surface area contributed by atoms with E-state index in [0.29, 0.717) is 0 Å². The number of rotatable bonds is 3. The van der Waals surface area contributed by atoms with E-state index in [4.69, 9.17) is 0 Å². The molecule has 106 valence electrons. The van der Waals surface area contributed by atoms with Gasteiger partial charge in [0.1, 0.15) is 17.1 Å². The Labute approximate surface area is 111 Å². The van der Waals surface area contributed by atoms with Crippen molar-refractivity contribution in [1.82, 2.24) is 14.6 Å². The van der Waals surface area contributed by atoms with Crippen molar-refractivity contribution in [2.45, 2.75) is 12.6 Å². The van der Waals surface area contributed by atoms with Crippen molar-refractivity contribution >= 4 is 11.6 Å². The lowest BCUT2D eigenvalue weighted by Gasteiger charge is -2.12. The summed E-state index contributed by atoms with van der Waals surface area (Å²) >= 11 is 0. The number of allylic oxidation sites excluding steroid dienone is 1. The lowest BCUT2D eigenvalue weighted by atomic mass is 10.2. The molecule has 0 spiro atoms. The van der Waals surface area contributed by atoms with Crippen molar-refractivity contribution in [2.75, 3.05) is 7.11 Å². The summed E-state index contributed by atoms with van der Waals surface area (Å²) in [5.41, 5.74) is -1.23. The van der Waals surface area contributed by atoms with Crippen LogP contribution in [0.1, 0.15) is 21.9 Å². The molecule has 2 aromatic rings. The highest BCUT2D eigenvalue weighted by molar-refractivity contribution is 5.95. The van der Waals surface area contributed by atoms with E-state index in [9.17, 15) is 18.0 Å². The molecule has 2 heterocycles. The molecule has 0 radical (unpaired) electrons. The predicted molar refractivity (Wildman–Crippen MR) is 63.2 cm³/mol. The molecule has 0 aliphatic rings. The zero-order valence-corrected chi connectivity index (χ0v) is 10.4. The first-order chi connectivity index (χ1) is 9.40. The largest absolute Gasteiger partial charge is 0.465 e. The van der Waals surface area contributed by atoms with Crippen molar-refractivity contribution in [1.29, 1.82) is 0 Å². The van der Waals surface area contributed by atoms with Gasteiger partial charge in [-0.3, -0.25) is 4.40 Å². The summed E-state index contributed by atoms with van der Waals surface area (Å²) in [7, 11) is 1.14. The van der Waals surface area contributed by atoms with E-state index >= 15 is 0 Å². The van der Waals surface area contributed by atoms with Gasteiger partial charge in [-0.05, 0) is 12.1 Å². The second-order valence-corrected chi connectivity index (χ2v) is 3.89. The molecule has 2 aromatic heterocycles. The molecule has 0 aliphatic carbocycles. The molecule has 0 saturated heterocycles. The molecule has 0 N–H and O–H groups in total. The highest BCUT2D eigenvalue weighted by atomic mass is 19.4. The number of methoxy groups -OCH3 is 1. The van der Waals surface area contributed by atoms with Crippen LogP contribution in [0.5, 0.6) is 0 Å². The van der Waals surface area contributed by atoms with Crippen LogP contribution >= 0.6 is 0 Å². The lowest BCUT2D eigenvalue weighted by Crippen LogP contribution is -2.15. The van der Waals surface area contributed by atoms with Crippen LogP contribution in [0.15, 0.2) is 24.8 Å². The summed E-state index contributed by atoms with van der Waals surface area (Å²) in [6.07, 6.45) is -3.10. The van der Waals surface area contributed by atoms with Gasteiger partial charge in [0.2, 0.25) is 0 Å². The zero-order chi connectivity index (χ0) is 14.9. The monoisotopic (exact) mass is 285 g/mol. The topological polar surface area (TPSA) is 56.5 Å². The first kappa shape index (κ1) is 14.0. The number of alkyl halides is 3. The molecule has 2 rings (SSSR count). The van der Waals surface area contributed by atoms with Gasteiger partial charge in [0.05, 0.1) is 7.11 Å². The molecule has 5 nitrogen and oxygen atoms in total. The van der Waals surface area contributed by atoms with Gasteiger partial charge in [0, 0.05) is 6.42 Å². The van der Waals surface area contributed by atoms with E-state index in [-0.39, 0.29) is 23.5 Å². The molecule has 0 fully saturated rings. The lowest BCUT2D eigenvalue weighted by molar-refractivity contribution is -0.142. The Kier molecular flexibility index (Phi) is 3.47. The van der Waals surface area contributed by atoms with E-state index in [1.807, 2.05) is 0 Å². The van der Waals surface area contributed by atoms with Crippen LogP contribution in [0.4, 0.5) is 13.2 Å². The Bertz CT molecular complexity index is 676. The molecule has 0 amide bonds. The quantitative estimate of drug-likeness (QED) is 0.641. The van der Waals surface area contributed by atoms with E-state index in [2.05, 4.69) is 21.5 Å². The van der Waals surface area contributed by atoms with Gasteiger partial charge in [0.25, 0.3) is 0 Å². The third kappa shape index (κ3) is 2.24. The van der Waals surface area contributed by atoms with Gasteiger partial charge in [-0.2, -0.15) is 13.2 Å². The van der Waals surface area contributed by atoms with Crippen molar-refractivity contribution in [3.8, 4) is 0 Å². The fourth-order valence-corrected chi connectivity index (χ4v) is 1.81. The first-order valence-corrected chi connectivity index (χ1v) is 5.53. The van der Waals surface area contributed by atoms with Crippen molar-refractivity contribution in [2.24, 2.45) is 0 Å². The molecule has 8 heteroatoms. The normalized spacial score (nSPS) is 11.6. The second kappa shape index (κ2) is 4.95. The van der Waals surface area contributed by atoms with Crippen LogP contribution < -0.4 is 0 Å². The number of carbonyl (C=O) groups is 1. The summed E-state index contributed by atoms with van der Waals surface area (Å²) in [6.45, 7) is 3.45. The maximum absolute atomic E-state index is 13.0. The fourth-order valence-electron chi connectivity index (χ4n) is 1.81. The third-order valence-electron chi connectivity index (χ3n) is 2.64. The summed E-state index contributed by atoms with van der Waals surface area (Å²) in [5.74, 6) is -0.727. The molecule has 0 bridgehead atoms. The van der Waals surface area contributed by atoms with Gasteiger partial charge in [-0.15, -0.1) is 16.8 Å². The molecular weight excluding hydrogens is 275 g/mol. The number of nitrogens with zero attached hydrogens (tertiary/aromatic N) is 3. The summed E-state index contributed by atoms with van der Waals surface area (Å²) in [5, 5.41) is 7.32. The summed E-state index contributed by atoms with van der Waals surface area (Å²) in [6, 6.07) is 1.82. The highest BCUT2D eigenvalue weighted by Crippen LogP contribution is 2.31. The molecule has 0 aliphatic heterocycles. The summed E-state index contributed by atoms with van der Waals surface area (Å²) in [4.78, 5) is 11.6. The van der Waals surface area contributed by atoms with Gasteiger partial charge in [-0.1, -0.05) is 6.08 Å². The number of aromatic nitrogens is 3. The van der Waals surface area contributed by atoms with Crippen LogP contribution in [-0.2, 0) is 17.3 Å². The van der Waals surface area contributed by atoms with Crippen LogP contribution in [0.3, 0.4) is 0 Å². The average molecular weight is 285 g/mol. The van der Waals surface area contributed by atoms with Crippen LogP contribution in [-0.4, -0.2) is 27.7 Å². The minimum atomic E-state index is -4.59. The Balaban J connectivity index is 2.80. The molecule has 20 heavy (non-hydrogen) atoms. The Morgan fingerprint density at radius 1 is 1.45 bits per heavy atom. The number of carbonyl (C=O) groups excluding carboxylic acids is 1. The minimum Gasteiger partial charge on any atom is -0.465 e. The van der Waals surface area contributed by atoms with Crippen LogP contribution in [0.25, 0.3) is 5.65 Å². The maximum Gasteiger partial charge on any atom is 0.431 e. The Hall–Kier alpha value is -2.38. The fraction of sp³-hybridized carbons (Fsp3) is 0.250. The molecule has 0 unspecified atom stereocenters. The number of ether oxygens (including phenoxy) is 1. The van der Waals surface area contributed by atoms with Gasteiger partial charge >= 0.3 is 12.1 Å². The SMILES string of the molecule is C=CCc1nnc2c(C(=O)OC)ccc(C(F)(F)F)n12.